The van der Waals surface area contributed by atoms with Gasteiger partial charge in [0, 0.05) is 79.7 Å². The van der Waals surface area contributed by atoms with Crippen molar-refractivity contribution in [2.45, 2.75) is 12.8 Å². The molecule has 2 aliphatic rings. The molecule has 3 heterocycles. The highest BCUT2D eigenvalue weighted by molar-refractivity contribution is 5.94. The Kier molecular flexibility index (Phi) is 6.51. The number of hydrogen-bond donors (Lipinski definition) is 2. The third kappa shape index (κ3) is 5.38. The van der Waals surface area contributed by atoms with E-state index in [9.17, 15) is 4.79 Å². The second kappa shape index (κ2) is 10.3. The minimum Gasteiger partial charge on any atom is -0.369 e. The summed E-state index contributed by atoms with van der Waals surface area (Å²) >= 11 is 0. The Morgan fingerprint density at radius 1 is 0.947 bits per heavy atom. The highest BCUT2D eigenvalue weighted by atomic mass is 16.2. The van der Waals surface area contributed by atoms with Gasteiger partial charge < -0.3 is 20.4 Å². The molecule has 2 fully saturated rings. The lowest BCUT2D eigenvalue weighted by atomic mass is 10.1. The third-order valence-electron chi connectivity index (χ3n) is 7.11. The Balaban J connectivity index is 1.21. The summed E-state index contributed by atoms with van der Waals surface area (Å²) in [6.45, 7) is 4.16. The minimum absolute atomic E-state index is 0.103. The van der Waals surface area contributed by atoms with E-state index in [4.69, 9.17) is 10.1 Å². The van der Waals surface area contributed by atoms with Crippen LogP contribution in [-0.2, 0) is 11.8 Å². The van der Waals surface area contributed by atoms with Crippen molar-refractivity contribution in [2.24, 2.45) is 13.0 Å². The molecule has 1 amide bonds. The van der Waals surface area contributed by atoms with E-state index in [1.807, 2.05) is 49.6 Å². The maximum absolute atomic E-state index is 12.1. The number of aryl methyl sites for hydroxylation is 1. The van der Waals surface area contributed by atoms with Crippen molar-refractivity contribution in [2.75, 3.05) is 48.8 Å². The number of nitrogens with one attached hydrogen (secondary N) is 2. The zero-order valence-corrected chi connectivity index (χ0v) is 21.8. The number of benzene rings is 2. The second-order valence-electron chi connectivity index (χ2n) is 10.1. The van der Waals surface area contributed by atoms with Gasteiger partial charge in [0.25, 0.3) is 0 Å². The highest BCUT2D eigenvalue weighted by Gasteiger charge is 2.29. The Morgan fingerprint density at radius 2 is 1.74 bits per heavy atom. The van der Waals surface area contributed by atoms with Gasteiger partial charge in [0.05, 0.1) is 5.69 Å². The number of hydrogen-bond acceptors (Lipinski definition) is 7. The van der Waals surface area contributed by atoms with Crippen LogP contribution in [0.5, 0.6) is 0 Å². The number of carbonyl (C=O) groups is 1. The molecular formula is C29H32N8O. The van der Waals surface area contributed by atoms with Crippen LogP contribution in [0.2, 0.25) is 0 Å². The predicted molar refractivity (Wildman–Crippen MR) is 150 cm³/mol. The summed E-state index contributed by atoms with van der Waals surface area (Å²) in [6, 6.07) is 18.1. The lowest BCUT2D eigenvalue weighted by Crippen LogP contribution is -2.44. The quantitative estimate of drug-likeness (QED) is 0.383. The molecule has 1 saturated heterocycles. The van der Waals surface area contributed by atoms with Crippen molar-refractivity contribution in [1.82, 2.24) is 24.6 Å². The summed E-state index contributed by atoms with van der Waals surface area (Å²) in [4.78, 5) is 26.1. The zero-order valence-electron chi connectivity index (χ0n) is 21.8. The largest absolute Gasteiger partial charge is 0.369 e. The maximum atomic E-state index is 12.1. The van der Waals surface area contributed by atoms with E-state index in [0.717, 1.165) is 72.9 Å². The van der Waals surface area contributed by atoms with Crippen molar-refractivity contribution in [3.05, 3.63) is 67.0 Å². The fraction of sp³-hybridized carbons (Fsp3) is 0.310. The molecule has 0 atom stereocenters. The molecule has 38 heavy (non-hydrogen) atoms. The normalized spacial score (nSPS) is 15.9. The fourth-order valence-corrected chi connectivity index (χ4v) is 4.73. The van der Waals surface area contributed by atoms with Gasteiger partial charge in [-0.3, -0.25) is 9.48 Å². The number of amides is 1. The van der Waals surface area contributed by atoms with Crippen LogP contribution in [0, 0.1) is 5.92 Å². The average Bonchev–Trinajstić information content (AvgIpc) is 3.71. The Bertz CT molecular complexity index is 1440. The number of likely N-dealkylation sites (N-methyl/N-ethyl adjacent to an activating group) is 1. The van der Waals surface area contributed by atoms with Gasteiger partial charge in [-0.2, -0.15) is 5.10 Å². The number of nitrogens with zero attached hydrogens (tertiary/aromatic N) is 6. The molecule has 0 unspecified atom stereocenters. The smallest absolute Gasteiger partial charge is 0.227 e. The Hall–Kier alpha value is -4.24. The average molecular weight is 509 g/mol. The molecule has 1 aliphatic heterocycles. The maximum Gasteiger partial charge on any atom is 0.227 e. The van der Waals surface area contributed by atoms with Gasteiger partial charge >= 0.3 is 0 Å². The van der Waals surface area contributed by atoms with Crippen LogP contribution in [0.15, 0.2) is 67.0 Å². The van der Waals surface area contributed by atoms with Gasteiger partial charge in [-0.25, -0.2) is 9.97 Å². The van der Waals surface area contributed by atoms with Gasteiger partial charge in [-0.1, -0.05) is 18.2 Å². The summed E-state index contributed by atoms with van der Waals surface area (Å²) < 4.78 is 1.79. The van der Waals surface area contributed by atoms with E-state index in [1.165, 1.54) is 5.69 Å². The lowest BCUT2D eigenvalue weighted by Gasteiger charge is -2.34. The molecule has 1 saturated carbocycles. The summed E-state index contributed by atoms with van der Waals surface area (Å²) in [5.41, 5.74) is 6.44. The van der Waals surface area contributed by atoms with Gasteiger partial charge in [-0.05, 0) is 56.3 Å². The van der Waals surface area contributed by atoms with Crippen LogP contribution in [0.25, 0.3) is 22.5 Å². The molecule has 0 radical (unpaired) electrons. The Morgan fingerprint density at radius 3 is 2.50 bits per heavy atom. The molecule has 2 aromatic carbocycles. The summed E-state index contributed by atoms with van der Waals surface area (Å²) in [5, 5.41) is 11.1. The molecule has 0 spiro atoms. The van der Waals surface area contributed by atoms with Crippen molar-refractivity contribution in [3.63, 3.8) is 0 Å². The highest BCUT2D eigenvalue weighted by Crippen LogP contribution is 2.33. The van der Waals surface area contributed by atoms with E-state index in [-0.39, 0.29) is 11.8 Å². The number of piperazine rings is 1. The molecule has 194 valence electrons. The SMILES string of the molecule is CN1CCN(c2cccc(Nc3nccc(-c4cn(C)nc4-c4ccc(NC(=O)C5CC5)cc4)n3)c2)CC1. The fourth-order valence-electron chi connectivity index (χ4n) is 4.73. The summed E-state index contributed by atoms with van der Waals surface area (Å²) in [6.07, 6.45) is 5.71. The van der Waals surface area contributed by atoms with Gasteiger partial charge in [0.15, 0.2) is 0 Å². The zero-order chi connectivity index (χ0) is 26.1. The molecule has 6 rings (SSSR count). The minimum atomic E-state index is 0.103. The van der Waals surface area contributed by atoms with Crippen molar-refractivity contribution in [3.8, 4) is 22.5 Å². The number of aromatic nitrogens is 4. The first-order chi connectivity index (χ1) is 18.5. The Labute approximate surface area is 222 Å². The van der Waals surface area contributed by atoms with Gasteiger partial charge in [0.2, 0.25) is 11.9 Å². The number of rotatable bonds is 7. The number of anilines is 4. The lowest BCUT2D eigenvalue weighted by molar-refractivity contribution is -0.117. The van der Waals surface area contributed by atoms with E-state index >= 15 is 0 Å². The molecule has 9 heteroatoms. The molecule has 4 aromatic rings. The van der Waals surface area contributed by atoms with Crippen LogP contribution in [0.3, 0.4) is 0 Å². The van der Waals surface area contributed by atoms with E-state index in [1.54, 1.807) is 10.9 Å². The van der Waals surface area contributed by atoms with Crippen LogP contribution in [0.4, 0.5) is 23.0 Å². The van der Waals surface area contributed by atoms with Crippen LogP contribution >= 0.6 is 0 Å². The standard InChI is InChI=1S/C29H32N8O/c1-35-14-16-37(17-15-35)24-5-3-4-23(18-24)32-29-30-13-12-26(33-29)25-19-36(2)34-27(25)20-8-10-22(11-9-20)31-28(38)21-6-7-21/h3-5,8-13,18-19,21H,6-7,14-17H2,1-2H3,(H,31,38)(H,30,32,33). The van der Waals surface area contributed by atoms with E-state index in [2.05, 4.69) is 50.7 Å². The second-order valence-corrected chi connectivity index (χ2v) is 10.1. The van der Waals surface area contributed by atoms with E-state index in [0.29, 0.717) is 5.95 Å². The van der Waals surface area contributed by atoms with Crippen LogP contribution in [0.1, 0.15) is 12.8 Å². The predicted octanol–water partition coefficient (Wildman–Crippen LogP) is 4.39. The van der Waals surface area contributed by atoms with Gasteiger partial charge in [0.1, 0.15) is 5.69 Å². The molecular weight excluding hydrogens is 476 g/mol. The van der Waals surface area contributed by atoms with Crippen molar-refractivity contribution < 1.29 is 4.79 Å². The van der Waals surface area contributed by atoms with Crippen molar-refractivity contribution in [1.29, 1.82) is 0 Å². The molecule has 2 aromatic heterocycles. The van der Waals surface area contributed by atoms with E-state index < -0.39 is 0 Å². The summed E-state index contributed by atoms with van der Waals surface area (Å²) in [5.74, 6) is 0.809. The van der Waals surface area contributed by atoms with Crippen molar-refractivity contribution >= 4 is 28.9 Å². The summed E-state index contributed by atoms with van der Waals surface area (Å²) in [7, 11) is 4.07. The molecule has 2 N–H and O–H groups in total. The monoisotopic (exact) mass is 508 g/mol. The van der Waals surface area contributed by atoms with Crippen LogP contribution in [-0.4, -0.2) is 63.8 Å². The molecule has 0 bridgehead atoms. The van der Waals surface area contributed by atoms with Crippen LogP contribution < -0.4 is 15.5 Å². The number of carbonyl (C=O) groups excluding carboxylic acids is 1. The topological polar surface area (TPSA) is 91.2 Å². The van der Waals surface area contributed by atoms with Gasteiger partial charge in [-0.15, -0.1) is 0 Å². The first-order valence-corrected chi connectivity index (χ1v) is 13.1. The third-order valence-corrected chi connectivity index (χ3v) is 7.11. The first-order valence-electron chi connectivity index (χ1n) is 13.1. The molecule has 1 aliphatic carbocycles. The first kappa shape index (κ1) is 24.1. The molecule has 9 nitrogen and oxygen atoms in total.